The lowest BCUT2D eigenvalue weighted by atomic mass is 9.97. The summed E-state index contributed by atoms with van der Waals surface area (Å²) in [6.07, 6.45) is 0. The Balaban J connectivity index is 1.24. The Morgan fingerprint density at radius 3 is 1.63 bits per heavy atom. The van der Waals surface area contributed by atoms with E-state index in [9.17, 15) is 0 Å². The van der Waals surface area contributed by atoms with Crippen molar-refractivity contribution in [3.63, 3.8) is 0 Å². The van der Waals surface area contributed by atoms with Gasteiger partial charge < -0.3 is 0 Å². The largest absolute Gasteiger partial charge is 0.244 e. The van der Waals surface area contributed by atoms with Crippen LogP contribution in [0.15, 0.2) is 146 Å². The van der Waals surface area contributed by atoms with E-state index in [0.29, 0.717) is 0 Å². The van der Waals surface area contributed by atoms with Crippen LogP contribution in [0.4, 0.5) is 0 Å². The third-order valence-corrected chi connectivity index (χ3v) is 8.82. The van der Waals surface area contributed by atoms with Crippen LogP contribution >= 0.6 is 11.3 Å². The smallest absolute Gasteiger partial charge is 0.0973 e. The molecule has 41 heavy (non-hydrogen) atoms. The molecule has 0 saturated carbocycles. The summed E-state index contributed by atoms with van der Waals surface area (Å²) in [4.78, 5) is 10.3. The van der Waals surface area contributed by atoms with Gasteiger partial charge in [-0.1, -0.05) is 115 Å². The first kappa shape index (κ1) is 23.7. The number of para-hydroxylation sites is 2. The molecule has 3 heteroatoms. The van der Waals surface area contributed by atoms with Crippen LogP contribution in [0.3, 0.4) is 0 Å². The molecule has 0 unspecified atom stereocenters. The third kappa shape index (κ3) is 4.28. The van der Waals surface area contributed by atoms with Gasteiger partial charge in [-0.3, -0.25) is 0 Å². The van der Waals surface area contributed by atoms with Gasteiger partial charge in [-0.25, -0.2) is 9.97 Å². The predicted molar refractivity (Wildman–Crippen MR) is 174 cm³/mol. The van der Waals surface area contributed by atoms with Gasteiger partial charge in [0.15, 0.2) is 0 Å². The van der Waals surface area contributed by atoms with Crippen molar-refractivity contribution in [2.75, 3.05) is 0 Å². The summed E-state index contributed by atoms with van der Waals surface area (Å²) in [7, 11) is 0. The van der Waals surface area contributed by atoms with Crippen LogP contribution in [0.5, 0.6) is 0 Å². The fourth-order valence-corrected chi connectivity index (χ4v) is 6.75. The summed E-state index contributed by atoms with van der Waals surface area (Å²) in [5, 5.41) is 2.59. The van der Waals surface area contributed by atoms with E-state index in [1.807, 2.05) is 35.6 Å². The number of thiophene rings is 1. The lowest BCUT2D eigenvalue weighted by Crippen LogP contribution is -1.95. The van der Waals surface area contributed by atoms with Crippen molar-refractivity contribution in [3.05, 3.63) is 146 Å². The van der Waals surface area contributed by atoms with Crippen LogP contribution in [0, 0.1) is 0 Å². The minimum Gasteiger partial charge on any atom is -0.244 e. The number of benzene rings is 6. The molecule has 0 bridgehead atoms. The van der Waals surface area contributed by atoms with Crippen molar-refractivity contribution in [3.8, 4) is 44.8 Å². The number of nitrogens with zero attached hydrogens (tertiary/aromatic N) is 2. The molecule has 2 nitrogen and oxygen atoms in total. The van der Waals surface area contributed by atoms with E-state index in [2.05, 4.69) is 121 Å². The van der Waals surface area contributed by atoms with Gasteiger partial charge in [0, 0.05) is 31.3 Å². The highest BCUT2D eigenvalue weighted by Crippen LogP contribution is 2.38. The Hall–Kier alpha value is -5.12. The van der Waals surface area contributed by atoms with E-state index in [1.54, 1.807) is 0 Å². The maximum atomic E-state index is 5.15. The van der Waals surface area contributed by atoms with E-state index in [-0.39, 0.29) is 0 Å². The van der Waals surface area contributed by atoms with E-state index in [1.165, 1.54) is 42.4 Å². The molecule has 0 spiro atoms. The quantitative estimate of drug-likeness (QED) is 0.222. The maximum absolute atomic E-state index is 5.15. The number of hydrogen-bond acceptors (Lipinski definition) is 3. The number of aromatic nitrogens is 2. The molecule has 0 amide bonds. The first-order chi connectivity index (χ1) is 20.3. The molecule has 0 aliphatic heterocycles. The van der Waals surface area contributed by atoms with E-state index in [4.69, 9.17) is 9.97 Å². The van der Waals surface area contributed by atoms with Gasteiger partial charge in [-0.05, 0) is 52.6 Å². The highest BCUT2D eigenvalue weighted by Gasteiger charge is 2.15. The number of rotatable bonds is 4. The zero-order valence-electron chi connectivity index (χ0n) is 22.2. The molecule has 6 aromatic carbocycles. The Morgan fingerprint density at radius 1 is 0.341 bits per heavy atom. The Kier molecular flexibility index (Phi) is 5.68. The normalized spacial score (nSPS) is 11.4. The summed E-state index contributed by atoms with van der Waals surface area (Å²) in [5.41, 5.74) is 10.5. The minimum absolute atomic E-state index is 0.897. The second-order valence-corrected chi connectivity index (χ2v) is 11.3. The molecule has 0 saturated heterocycles. The van der Waals surface area contributed by atoms with Crippen LogP contribution < -0.4 is 0 Å². The molecule has 0 radical (unpaired) electrons. The van der Waals surface area contributed by atoms with Crippen LogP contribution in [-0.2, 0) is 0 Å². The molecule has 0 fully saturated rings. The topological polar surface area (TPSA) is 25.8 Å². The molecule has 2 aromatic heterocycles. The summed E-state index contributed by atoms with van der Waals surface area (Å²) in [6, 6.07) is 51.4. The Bertz CT molecular complexity index is 2200. The molecule has 0 aliphatic carbocycles. The lowest BCUT2D eigenvalue weighted by Gasteiger charge is -2.12. The van der Waals surface area contributed by atoms with E-state index < -0.39 is 0 Å². The fourth-order valence-electron chi connectivity index (χ4n) is 5.61. The average Bonchev–Trinajstić information content (AvgIpc) is 3.43. The number of hydrogen-bond donors (Lipinski definition) is 0. The Labute approximate surface area is 242 Å². The van der Waals surface area contributed by atoms with Crippen molar-refractivity contribution >= 4 is 42.5 Å². The summed E-state index contributed by atoms with van der Waals surface area (Å²) >= 11 is 1.83. The fraction of sp³-hybridized carbons (Fsp3) is 0. The maximum Gasteiger partial charge on any atom is 0.0973 e. The SMILES string of the molecule is c1ccc(-c2cccc(-c3ccc(-c4nc5ccccc5nc4-c4ccc5c(c4)sc4ccccc45)cc3)c2)cc1. The zero-order chi connectivity index (χ0) is 27.2. The summed E-state index contributed by atoms with van der Waals surface area (Å²) < 4.78 is 2.56. The van der Waals surface area contributed by atoms with E-state index in [0.717, 1.165) is 33.5 Å². The van der Waals surface area contributed by atoms with Gasteiger partial charge >= 0.3 is 0 Å². The van der Waals surface area contributed by atoms with Gasteiger partial charge in [-0.2, -0.15) is 0 Å². The monoisotopic (exact) mass is 540 g/mol. The van der Waals surface area contributed by atoms with Gasteiger partial charge in [0.05, 0.1) is 22.4 Å². The van der Waals surface area contributed by atoms with Crippen LogP contribution in [0.25, 0.3) is 76.0 Å². The molecular formula is C38H24N2S. The van der Waals surface area contributed by atoms with Crippen molar-refractivity contribution in [2.45, 2.75) is 0 Å². The van der Waals surface area contributed by atoms with Crippen molar-refractivity contribution in [1.29, 1.82) is 0 Å². The molecule has 0 atom stereocenters. The standard InChI is InChI=1S/C38H24N2S/c1-2-9-25(10-3-1)28-11-8-12-29(23-28)26-17-19-27(20-18-26)37-38(40-34-15-6-5-14-33(34)39-37)30-21-22-32-31-13-4-7-16-35(31)41-36(32)24-30/h1-24H. The minimum atomic E-state index is 0.897. The number of fused-ring (bicyclic) bond motifs is 4. The first-order valence-corrected chi connectivity index (χ1v) is 14.6. The predicted octanol–water partition coefficient (Wildman–Crippen LogP) is 10.7. The van der Waals surface area contributed by atoms with Crippen LogP contribution in [-0.4, -0.2) is 9.97 Å². The van der Waals surface area contributed by atoms with Crippen LogP contribution in [0.2, 0.25) is 0 Å². The first-order valence-electron chi connectivity index (χ1n) is 13.7. The Morgan fingerprint density at radius 2 is 0.878 bits per heavy atom. The van der Waals surface area contributed by atoms with Crippen LogP contribution in [0.1, 0.15) is 0 Å². The highest BCUT2D eigenvalue weighted by atomic mass is 32.1. The third-order valence-electron chi connectivity index (χ3n) is 7.68. The second kappa shape index (κ2) is 9.81. The lowest BCUT2D eigenvalue weighted by molar-refractivity contribution is 1.29. The molecule has 192 valence electrons. The van der Waals surface area contributed by atoms with E-state index >= 15 is 0 Å². The summed E-state index contributed by atoms with van der Waals surface area (Å²) in [5.74, 6) is 0. The van der Waals surface area contributed by atoms with Crippen molar-refractivity contribution < 1.29 is 0 Å². The van der Waals surface area contributed by atoms with Gasteiger partial charge in [0.1, 0.15) is 0 Å². The molecule has 0 aliphatic rings. The molecular weight excluding hydrogens is 516 g/mol. The van der Waals surface area contributed by atoms with Gasteiger partial charge in [-0.15, -0.1) is 11.3 Å². The van der Waals surface area contributed by atoms with Crippen molar-refractivity contribution in [1.82, 2.24) is 9.97 Å². The second-order valence-electron chi connectivity index (χ2n) is 10.2. The highest BCUT2D eigenvalue weighted by molar-refractivity contribution is 7.25. The average molecular weight is 541 g/mol. The molecule has 2 heterocycles. The molecule has 8 rings (SSSR count). The van der Waals surface area contributed by atoms with Crippen molar-refractivity contribution in [2.24, 2.45) is 0 Å². The van der Waals surface area contributed by atoms with Gasteiger partial charge in [0.2, 0.25) is 0 Å². The van der Waals surface area contributed by atoms with Gasteiger partial charge in [0.25, 0.3) is 0 Å². The molecule has 8 aromatic rings. The summed E-state index contributed by atoms with van der Waals surface area (Å²) in [6.45, 7) is 0. The molecule has 0 N–H and O–H groups in total. The zero-order valence-corrected chi connectivity index (χ0v) is 23.0.